The van der Waals surface area contributed by atoms with Crippen molar-refractivity contribution in [3.05, 3.63) is 41.7 Å². The number of guanidine groups is 1. The summed E-state index contributed by atoms with van der Waals surface area (Å²) in [7, 11) is 1.64. The Morgan fingerprint density at radius 2 is 2.00 bits per heavy atom. The van der Waals surface area contributed by atoms with E-state index in [1.165, 1.54) is 5.69 Å². The van der Waals surface area contributed by atoms with Crippen LogP contribution in [0.1, 0.15) is 17.8 Å². The number of nitrogens with zero attached hydrogens (tertiary/aromatic N) is 3. The van der Waals surface area contributed by atoms with Crippen LogP contribution in [0.25, 0.3) is 0 Å². The molecule has 7 heteroatoms. The molecule has 0 aliphatic heterocycles. The average molecular weight is 429 g/mol. The average Bonchev–Trinajstić information content (AvgIpc) is 2.82. The van der Waals surface area contributed by atoms with Crippen molar-refractivity contribution in [1.29, 1.82) is 0 Å². The van der Waals surface area contributed by atoms with Crippen LogP contribution in [0.4, 0.5) is 5.69 Å². The summed E-state index contributed by atoms with van der Waals surface area (Å²) in [6, 6.07) is 9.62. The maximum atomic E-state index is 5.87. The monoisotopic (exact) mass is 429 g/mol. The van der Waals surface area contributed by atoms with Gasteiger partial charge in [-0.1, -0.05) is 0 Å². The molecule has 3 N–H and O–H groups in total. The number of halogens is 1. The molecule has 0 atom stereocenters. The summed E-state index contributed by atoms with van der Waals surface area (Å²) >= 11 is 0. The zero-order valence-electron chi connectivity index (χ0n) is 13.7. The lowest BCUT2D eigenvalue weighted by Gasteiger charge is -2.07. The van der Waals surface area contributed by atoms with Crippen molar-refractivity contribution in [2.24, 2.45) is 10.7 Å². The number of rotatable bonds is 6. The lowest BCUT2D eigenvalue weighted by Crippen LogP contribution is -2.23. The first-order chi connectivity index (χ1) is 10.6. The Morgan fingerprint density at radius 1 is 1.30 bits per heavy atom. The van der Waals surface area contributed by atoms with Crippen LogP contribution in [-0.4, -0.2) is 29.4 Å². The Labute approximate surface area is 154 Å². The molecular formula is C16H24IN5O. The zero-order valence-corrected chi connectivity index (χ0v) is 16.1. The number of methoxy groups -OCH3 is 1. The summed E-state index contributed by atoms with van der Waals surface area (Å²) in [5, 5.41) is 7.48. The Kier molecular flexibility index (Phi) is 7.87. The van der Waals surface area contributed by atoms with Gasteiger partial charge < -0.3 is 15.8 Å². The molecule has 0 amide bonds. The fourth-order valence-electron chi connectivity index (χ4n) is 2.18. The highest BCUT2D eigenvalue weighted by molar-refractivity contribution is 14.0. The van der Waals surface area contributed by atoms with E-state index in [0.717, 1.165) is 30.1 Å². The Hall–Kier alpha value is -1.77. The molecule has 0 fully saturated rings. The third kappa shape index (κ3) is 6.09. The highest BCUT2D eigenvalue weighted by Gasteiger charge is 2.00. The first-order valence-electron chi connectivity index (χ1n) is 7.30. The van der Waals surface area contributed by atoms with E-state index < -0.39 is 0 Å². The van der Waals surface area contributed by atoms with Gasteiger partial charge in [0.05, 0.1) is 12.8 Å². The Bertz CT molecular complexity index is 636. The van der Waals surface area contributed by atoms with E-state index in [1.54, 1.807) is 7.11 Å². The van der Waals surface area contributed by atoms with Gasteiger partial charge >= 0.3 is 0 Å². The number of aromatic nitrogens is 2. The van der Waals surface area contributed by atoms with Crippen LogP contribution >= 0.6 is 24.0 Å². The molecule has 1 aromatic heterocycles. The predicted molar refractivity (Wildman–Crippen MR) is 105 cm³/mol. The normalized spacial score (nSPS) is 11.0. The molecule has 23 heavy (non-hydrogen) atoms. The van der Waals surface area contributed by atoms with Crippen molar-refractivity contribution in [2.45, 2.75) is 26.8 Å². The van der Waals surface area contributed by atoms with E-state index in [9.17, 15) is 0 Å². The fraction of sp³-hybridized carbons (Fsp3) is 0.375. The third-order valence-electron chi connectivity index (χ3n) is 3.28. The quantitative estimate of drug-likeness (QED) is 0.321. The molecule has 0 aliphatic rings. The van der Waals surface area contributed by atoms with Crippen LogP contribution < -0.4 is 15.8 Å². The summed E-state index contributed by atoms with van der Waals surface area (Å²) < 4.78 is 7.11. The summed E-state index contributed by atoms with van der Waals surface area (Å²) in [6.45, 7) is 5.56. The van der Waals surface area contributed by atoms with Gasteiger partial charge in [0.25, 0.3) is 0 Å². The van der Waals surface area contributed by atoms with Crippen LogP contribution in [-0.2, 0) is 6.54 Å². The second kappa shape index (κ2) is 9.39. The van der Waals surface area contributed by atoms with Crippen LogP contribution in [0.5, 0.6) is 5.75 Å². The largest absolute Gasteiger partial charge is 0.497 e. The molecule has 2 aromatic rings. The summed E-state index contributed by atoms with van der Waals surface area (Å²) in [6.07, 6.45) is 0.896. The van der Waals surface area contributed by atoms with Crippen LogP contribution in [0.2, 0.25) is 0 Å². The van der Waals surface area contributed by atoms with Crippen LogP contribution in [0, 0.1) is 13.8 Å². The van der Waals surface area contributed by atoms with E-state index in [4.69, 9.17) is 10.5 Å². The summed E-state index contributed by atoms with van der Waals surface area (Å²) in [4.78, 5) is 4.32. The molecule has 2 rings (SSSR count). The number of hydrogen-bond acceptors (Lipinski definition) is 3. The number of benzene rings is 1. The van der Waals surface area contributed by atoms with Crippen molar-refractivity contribution >= 4 is 35.6 Å². The van der Waals surface area contributed by atoms with E-state index in [2.05, 4.69) is 28.4 Å². The predicted octanol–water partition coefficient (Wildman–Crippen LogP) is 2.94. The van der Waals surface area contributed by atoms with Crippen molar-refractivity contribution in [1.82, 2.24) is 9.78 Å². The van der Waals surface area contributed by atoms with Gasteiger partial charge in [0.1, 0.15) is 5.75 Å². The minimum atomic E-state index is 0. The first-order valence-corrected chi connectivity index (χ1v) is 7.30. The van der Waals surface area contributed by atoms with Gasteiger partial charge in [0.15, 0.2) is 5.96 Å². The van der Waals surface area contributed by atoms with E-state index >= 15 is 0 Å². The topological polar surface area (TPSA) is 77.5 Å². The molecule has 6 nitrogen and oxygen atoms in total. The number of aryl methyl sites for hydroxylation is 3. The van der Waals surface area contributed by atoms with Gasteiger partial charge in [-0.05, 0) is 50.6 Å². The van der Waals surface area contributed by atoms with Crippen molar-refractivity contribution in [3.63, 3.8) is 0 Å². The van der Waals surface area contributed by atoms with Gasteiger partial charge in [0.2, 0.25) is 0 Å². The van der Waals surface area contributed by atoms with Gasteiger partial charge in [-0.25, -0.2) is 0 Å². The molecule has 1 heterocycles. The molecule has 0 spiro atoms. The maximum absolute atomic E-state index is 5.87. The summed E-state index contributed by atoms with van der Waals surface area (Å²) in [5.41, 5.74) is 8.98. The highest BCUT2D eigenvalue weighted by Crippen LogP contribution is 2.14. The second-order valence-corrected chi connectivity index (χ2v) is 5.12. The lowest BCUT2D eigenvalue weighted by atomic mass is 10.3. The second-order valence-electron chi connectivity index (χ2n) is 5.12. The molecule has 126 valence electrons. The lowest BCUT2D eigenvalue weighted by molar-refractivity contribution is 0.415. The number of nitrogens with one attached hydrogen (secondary N) is 1. The minimum Gasteiger partial charge on any atom is -0.497 e. The molecular weight excluding hydrogens is 405 g/mol. The third-order valence-corrected chi connectivity index (χ3v) is 3.28. The standard InChI is InChI=1S/C16H23N5O.HI/c1-12-11-13(2)21(20-12)10-4-9-18-16(17)19-14-5-7-15(22-3)8-6-14;/h5-8,11H,4,9-10H2,1-3H3,(H3,17,18,19);1H. The smallest absolute Gasteiger partial charge is 0.193 e. The van der Waals surface area contributed by atoms with Crippen LogP contribution in [0.15, 0.2) is 35.3 Å². The first kappa shape index (κ1) is 19.3. The molecule has 0 unspecified atom stereocenters. The van der Waals surface area contributed by atoms with Gasteiger partial charge in [-0.3, -0.25) is 9.67 Å². The number of ether oxygens (including phenoxy) is 1. The van der Waals surface area contributed by atoms with Gasteiger partial charge in [-0.2, -0.15) is 5.10 Å². The SMILES string of the molecule is COc1ccc(NC(N)=NCCCn2nc(C)cc2C)cc1.I. The number of hydrogen-bond donors (Lipinski definition) is 2. The van der Waals surface area contributed by atoms with E-state index in [-0.39, 0.29) is 24.0 Å². The number of anilines is 1. The molecule has 0 saturated carbocycles. The van der Waals surface area contributed by atoms with E-state index in [0.29, 0.717) is 12.5 Å². The Morgan fingerprint density at radius 3 is 2.57 bits per heavy atom. The van der Waals surface area contributed by atoms with Crippen LogP contribution in [0.3, 0.4) is 0 Å². The van der Waals surface area contributed by atoms with E-state index in [1.807, 2.05) is 35.9 Å². The molecule has 0 radical (unpaired) electrons. The van der Waals surface area contributed by atoms with Crippen molar-refractivity contribution in [3.8, 4) is 5.75 Å². The molecule has 0 aliphatic carbocycles. The molecule has 0 saturated heterocycles. The molecule has 0 bridgehead atoms. The van der Waals surface area contributed by atoms with Crippen molar-refractivity contribution in [2.75, 3.05) is 19.0 Å². The number of nitrogens with two attached hydrogens (primary N) is 1. The van der Waals surface area contributed by atoms with Crippen molar-refractivity contribution < 1.29 is 4.74 Å². The zero-order chi connectivity index (χ0) is 15.9. The molecule has 1 aromatic carbocycles. The summed E-state index contributed by atoms with van der Waals surface area (Å²) in [5.74, 6) is 1.23. The highest BCUT2D eigenvalue weighted by atomic mass is 127. The van der Waals surface area contributed by atoms with Gasteiger partial charge in [0, 0.05) is 24.5 Å². The Balaban J connectivity index is 0.00000264. The minimum absolute atomic E-state index is 0. The number of aliphatic imine (C=N–C) groups is 1. The maximum Gasteiger partial charge on any atom is 0.193 e. The van der Waals surface area contributed by atoms with Gasteiger partial charge in [-0.15, -0.1) is 24.0 Å². The fourth-order valence-corrected chi connectivity index (χ4v) is 2.18.